The fourth-order valence-electron chi connectivity index (χ4n) is 16.6. The maximum Gasteiger partial charge on any atom is 0.0727 e. The zero-order valence-electron chi connectivity index (χ0n) is 61.1. The van der Waals surface area contributed by atoms with Crippen LogP contribution in [-0.4, -0.2) is 18.3 Å². The molecule has 0 amide bonds. The summed E-state index contributed by atoms with van der Waals surface area (Å²) in [6, 6.07) is 110. The standard InChI is InChI=1S/2C50H36N2S2/c2*1-29-5-13-33(14-6-29)35-17-23-39-45(25-35)53-49-41-27-44-42(28-43(41)51(47(39)49)37-19-9-31(3)10-20-37)50-48(52(44)38-21-11-32(4)12-22-38)40-24-18-36(26-46(40)54-50)34-15-7-30(2)8-16-34/h2*5-28H,1-4H3. The number of hydrogen-bond acceptors (Lipinski definition) is 4. The van der Waals surface area contributed by atoms with E-state index in [1.54, 1.807) is 0 Å². The summed E-state index contributed by atoms with van der Waals surface area (Å²) < 4.78 is 20.6. The van der Waals surface area contributed by atoms with E-state index >= 15 is 0 Å². The molecule has 0 spiro atoms. The molecule has 0 unspecified atom stereocenters. The van der Waals surface area contributed by atoms with E-state index in [-0.39, 0.29) is 0 Å². The lowest BCUT2D eigenvalue weighted by Crippen LogP contribution is -1.95. The largest absolute Gasteiger partial charge is 0.308 e. The molecule has 0 aliphatic heterocycles. The summed E-state index contributed by atoms with van der Waals surface area (Å²) in [6.07, 6.45) is 0. The minimum Gasteiger partial charge on any atom is -0.308 e. The number of fused-ring (bicyclic) bond motifs is 20. The maximum atomic E-state index is 2.52. The van der Waals surface area contributed by atoms with Crippen LogP contribution < -0.4 is 0 Å². The summed E-state index contributed by atoms with van der Waals surface area (Å²) in [7, 11) is 0. The molecule has 8 heteroatoms. The summed E-state index contributed by atoms with van der Waals surface area (Å²) in [5.74, 6) is 0. The average molecular weight is 1460 g/mol. The monoisotopic (exact) mass is 1460 g/mol. The van der Waals surface area contributed by atoms with Gasteiger partial charge in [0.25, 0.3) is 0 Å². The van der Waals surface area contributed by atoms with Crippen molar-refractivity contribution in [2.24, 2.45) is 0 Å². The molecule has 0 atom stereocenters. The van der Waals surface area contributed by atoms with Gasteiger partial charge in [-0.25, -0.2) is 0 Å². The molecule has 0 N–H and O–H groups in total. The molecule has 0 saturated carbocycles. The summed E-state index contributed by atoms with van der Waals surface area (Å²) in [6.45, 7) is 17.3. The SMILES string of the molecule is Cc1ccc(-c2ccc3c(c2)sc2c4cc5c(cc4n(-c4ccc(C)cc4)c32)c2sc3cc(-c4ccc(C)cc4)ccc3c2n5-c2ccc(C)cc2)cc1.Cc1ccc(-c2ccc3c(c2)sc2c4cc5c(cc4n(-c4ccc(C)cc4)c32)c2sc3cc(-c4ccc(C)cc4)ccc3c2n5-c2ccc(C)cc2)cc1. The van der Waals surface area contributed by atoms with Crippen LogP contribution in [0.2, 0.25) is 0 Å². The van der Waals surface area contributed by atoms with Gasteiger partial charge in [-0.1, -0.05) is 239 Å². The first-order valence-electron chi connectivity index (χ1n) is 37.1. The Morgan fingerprint density at radius 3 is 0.519 bits per heavy atom. The minimum atomic E-state index is 1.19. The van der Waals surface area contributed by atoms with E-state index in [0.717, 1.165) is 0 Å². The van der Waals surface area contributed by atoms with Gasteiger partial charge in [0.1, 0.15) is 0 Å². The lowest BCUT2D eigenvalue weighted by Gasteiger charge is -2.11. The van der Waals surface area contributed by atoms with Crippen molar-refractivity contribution in [3.05, 3.63) is 336 Å². The van der Waals surface area contributed by atoms with Crippen molar-refractivity contribution in [2.45, 2.75) is 55.4 Å². The normalized spacial score (nSPS) is 12.1. The van der Waals surface area contributed by atoms with Crippen molar-refractivity contribution < 1.29 is 0 Å². The second-order valence-electron chi connectivity index (χ2n) is 29.9. The van der Waals surface area contributed by atoms with Gasteiger partial charge in [-0.2, -0.15) is 0 Å². The first-order valence-corrected chi connectivity index (χ1v) is 40.4. The Labute approximate surface area is 641 Å². The maximum absolute atomic E-state index is 2.52. The number of nitrogens with zero attached hydrogens (tertiary/aromatic N) is 4. The van der Waals surface area contributed by atoms with Gasteiger partial charge in [0, 0.05) is 84.6 Å². The van der Waals surface area contributed by atoms with Gasteiger partial charge < -0.3 is 18.3 Å². The number of rotatable bonds is 8. The van der Waals surface area contributed by atoms with E-state index < -0.39 is 0 Å². The lowest BCUT2D eigenvalue weighted by molar-refractivity contribution is 1.18. The number of thiophene rings is 4. The Hall–Kier alpha value is -11.9. The fraction of sp³-hybridized carbons (Fsp3) is 0.0800. The first-order chi connectivity index (χ1) is 52.7. The van der Waals surface area contributed by atoms with Gasteiger partial charge >= 0.3 is 0 Å². The molecule has 22 rings (SSSR count). The number of aryl methyl sites for hydroxylation is 8. The highest BCUT2D eigenvalue weighted by atomic mass is 32.1. The molecular weight excluding hydrogens is 1390 g/mol. The zero-order valence-corrected chi connectivity index (χ0v) is 64.4. The van der Waals surface area contributed by atoms with Crippen LogP contribution in [0.4, 0.5) is 0 Å². The molecule has 4 nitrogen and oxygen atoms in total. The number of hydrogen-bond donors (Lipinski definition) is 0. The third-order valence-electron chi connectivity index (χ3n) is 22.4. The van der Waals surface area contributed by atoms with Gasteiger partial charge in [0.05, 0.1) is 62.9 Å². The topological polar surface area (TPSA) is 19.7 Å². The highest BCUT2D eigenvalue weighted by molar-refractivity contribution is 7.28. The van der Waals surface area contributed by atoms with Gasteiger partial charge in [0.2, 0.25) is 0 Å². The van der Waals surface area contributed by atoms with E-state index in [2.05, 4.69) is 365 Å². The van der Waals surface area contributed by atoms with E-state index in [1.807, 2.05) is 45.3 Å². The highest BCUT2D eigenvalue weighted by Crippen LogP contribution is 2.52. The smallest absolute Gasteiger partial charge is 0.0727 e. The van der Waals surface area contributed by atoms with Crippen molar-refractivity contribution in [3.63, 3.8) is 0 Å². The van der Waals surface area contributed by atoms with Crippen molar-refractivity contribution >= 4 is 170 Å². The Bertz CT molecular complexity index is 6520. The quantitative estimate of drug-likeness (QED) is 0.144. The molecule has 0 aliphatic rings. The predicted molar refractivity (Wildman–Crippen MR) is 471 cm³/mol. The Morgan fingerprint density at radius 2 is 0.333 bits per heavy atom. The fourth-order valence-corrected chi connectivity index (χ4v) is 21.6. The van der Waals surface area contributed by atoms with Crippen molar-refractivity contribution in [1.82, 2.24) is 18.3 Å². The minimum absolute atomic E-state index is 1.19. The summed E-state index contributed by atoms with van der Waals surface area (Å²) in [4.78, 5) is 0. The molecule has 516 valence electrons. The van der Waals surface area contributed by atoms with Crippen molar-refractivity contribution in [2.75, 3.05) is 0 Å². The Morgan fingerprint density at radius 1 is 0.167 bits per heavy atom. The average Bonchev–Trinajstić information content (AvgIpc) is 1.54. The number of aromatic nitrogens is 4. The molecule has 0 bridgehead atoms. The summed E-state index contributed by atoms with van der Waals surface area (Å²) in [5.41, 5.74) is 35.1. The molecule has 8 aromatic heterocycles. The molecule has 108 heavy (non-hydrogen) atoms. The molecule has 8 heterocycles. The van der Waals surface area contributed by atoms with Gasteiger partial charge in [0.15, 0.2) is 0 Å². The molecule has 0 aliphatic carbocycles. The van der Waals surface area contributed by atoms with Crippen molar-refractivity contribution in [1.29, 1.82) is 0 Å². The molecule has 0 saturated heterocycles. The zero-order chi connectivity index (χ0) is 72.5. The van der Waals surface area contributed by atoms with Gasteiger partial charge in [-0.05, 0) is 197 Å². The predicted octanol–water partition coefficient (Wildman–Crippen LogP) is 29.8. The van der Waals surface area contributed by atoms with Crippen LogP contribution >= 0.6 is 45.3 Å². The summed E-state index contributed by atoms with van der Waals surface area (Å²) in [5, 5.41) is 10.4. The van der Waals surface area contributed by atoms with E-state index in [0.29, 0.717) is 0 Å². The third kappa shape index (κ3) is 10.4. The van der Waals surface area contributed by atoms with Crippen LogP contribution in [0.15, 0.2) is 291 Å². The highest BCUT2D eigenvalue weighted by Gasteiger charge is 2.27. The third-order valence-corrected chi connectivity index (χ3v) is 27.1. The van der Waals surface area contributed by atoms with E-state index in [4.69, 9.17) is 0 Å². The Balaban J connectivity index is 0.000000138. The molecule has 0 radical (unpaired) electrons. The Kier molecular flexibility index (Phi) is 14.8. The second-order valence-corrected chi connectivity index (χ2v) is 34.1. The number of benzene rings is 14. The molecular formula is C100H72N4S4. The van der Waals surface area contributed by atoms with E-state index in [1.165, 1.54) is 237 Å². The van der Waals surface area contributed by atoms with Crippen LogP contribution in [-0.2, 0) is 0 Å². The summed E-state index contributed by atoms with van der Waals surface area (Å²) >= 11 is 7.67. The molecule has 14 aromatic carbocycles. The van der Waals surface area contributed by atoms with Crippen LogP contribution in [0, 0.1) is 55.4 Å². The molecule has 0 fully saturated rings. The molecule has 22 aromatic rings. The lowest BCUT2D eigenvalue weighted by atomic mass is 10.0. The first kappa shape index (κ1) is 64.5. The van der Waals surface area contributed by atoms with Crippen LogP contribution in [0.25, 0.3) is 192 Å². The van der Waals surface area contributed by atoms with Crippen molar-refractivity contribution in [3.8, 4) is 67.3 Å². The van der Waals surface area contributed by atoms with Gasteiger partial charge in [-0.15, -0.1) is 45.3 Å². The second kappa shape index (κ2) is 24.9. The van der Waals surface area contributed by atoms with Crippen LogP contribution in [0.1, 0.15) is 44.5 Å². The van der Waals surface area contributed by atoms with Crippen LogP contribution in [0.5, 0.6) is 0 Å². The van der Waals surface area contributed by atoms with Gasteiger partial charge in [-0.3, -0.25) is 0 Å². The van der Waals surface area contributed by atoms with Crippen LogP contribution in [0.3, 0.4) is 0 Å². The van der Waals surface area contributed by atoms with E-state index in [9.17, 15) is 0 Å².